The number of nitrogens with one attached hydrogen (secondary N) is 3. The lowest BCUT2D eigenvalue weighted by atomic mass is 9.83. The SMILES string of the molecule is CS(=O)(=O)Nc1ccc(C[N+]2(c3ccccc3)CNC(=O)C23CCNCC3)cc1. The first-order chi connectivity index (χ1) is 13.8. The number of quaternary nitrogens is 1. The van der Waals surface area contributed by atoms with E-state index in [1.807, 2.05) is 30.3 Å². The first-order valence-corrected chi connectivity index (χ1v) is 11.7. The maximum Gasteiger partial charge on any atom is 0.286 e. The van der Waals surface area contributed by atoms with Gasteiger partial charge in [0.15, 0.2) is 12.2 Å². The zero-order valence-electron chi connectivity index (χ0n) is 16.5. The molecule has 2 aromatic carbocycles. The number of sulfonamides is 1. The van der Waals surface area contributed by atoms with E-state index in [2.05, 4.69) is 27.5 Å². The van der Waals surface area contributed by atoms with Crippen LogP contribution in [0.2, 0.25) is 0 Å². The van der Waals surface area contributed by atoms with Crippen LogP contribution in [0.1, 0.15) is 18.4 Å². The Morgan fingerprint density at radius 3 is 2.31 bits per heavy atom. The number of nitrogens with zero attached hydrogens (tertiary/aromatic N) is 1. The molecule has 3 N–H and O–H groups in total. The zero-order valence-corrected chi connectivity index (χ0v) is 17.3. The molecule has 29 heavy (non-hydrogen) atoms. The van der Waals surface area contributed by atoms with Gasteiger partial charge in [0.25, 0.3) is 5.91 Å². The molecule has 7 nitrogen and oxygen atoms in total. The molecule has 0 bridgehead atoms. The van der Waals surface area contributed by atoms with Crippen LogP contribution >= 0.6 is 0 Å². The fourth-order valence-electron chi connectivity index (χ4n) is 4.77. The lowest BCUT2D eigenvalue weighted by molar-refractivity contribution is -0.127. The summed E-state index contributed by atoms with van der Waals surface area (Å²) in [5.74, 6) is 0.123. The number of anilines is 1. The lowest BCUT2D eigenvalue weighted by Gasteiger charge is -2.47. The first kappa shape index (κ1) is 19.9. The molecule has 154 valence electrons. The Labute approximate surface area is 171 Å². The van der Waals surface area contributed by atoms with Crippen molar-refractivity contribution < 1.29 is 13.2 Å². The Bertz CT molecular complexity index is 986. The van der Waals surface area contributed by atoms with E-state index in [9.17, 15) is 13.2 Å². The summed E-state index contributed by atoms with van der Waals surface area (Å²) in [5.41, 5.74) is 2.21. The van der Waals surface area contributed by atoms with Gasteiger partial charge in [-0.25, -0.2) is 8.42 Å². The highest BCUT2D eigenvalue weighted by molar-refractivity contribution is 7.92. The van der Waals surface area contributed by atoms with Crippen LogP contribution < -0.4 is 19.8 Å². The second-order valence-corrected chi connectivity index (χ2v) is 9.73. The Balaban J connectivity index is 1.74. The van der Waals surface area contributed by atoms with Gasteiger partial charge in [-0.2, -0.15) is 0 Å². The number of carbonyl (C=O) groups is 1. The summed E-state index contributed by atoms with van der Waals surface area (Å²) in [7, 11) is -3.31. The van der Waals surface area contributed by atoms with Crippen LogP contribution in [-0.4, -0.2) is 45.9 Å². The quantitative estimate of drug-likeness (QED) is 0.650. The number of benzene rings is 2. The largest absolute Gasteiger partial charge is 0.316 e. The average molecular weight is 416 g/mol. The van der Waals surface area contributed by atoms with Gasteiger partial charge in [-0.15, -0.1) is 0 Å². The summed E-state index contributed by atoms with van der Waals surface area (Å²) >= 11 is 0. The molecule has 2 aliphatic rings. The van der Waals surface area contributed by atoms with Gasteiger partial charge in [-0.1, -0.05) is 30.3 Å². The maximum atomic E-state index is 13.1. The molecule has 0 aliphatic carbocycles. The normalized spacial score (nSPS) is 23.7. The van der Waals surface area contributed by atoms with Crippen molar-refractivity contribution in [3.8, 4) is 0 Å². The molecule has 2 fully saturated rings. The topological polar surface area (TPSA) is 87.3 Å². The van der Waals surface area contributed by atoms with Crippen molar-refractivity contribution in [2.24, 2.45) is 0 Å². The Kier molecular flexibility index (Phi) is 5.10. The van der Waals surface area contributed by atoms with E-state index in [1.54, 1.807) is 12.1 Å². The van der Waals surface area contributed by atoms with E-state index >= 15 is 0 Å². The molecular formula is C21H27N4O3S+. The van der Waals surface area contributed by atoms with E-state index in [1.165, 1.54) is 0 Å². The monoisotopic (exact) mass is 415 g/mol. The van der Waals surface area contributed by atoms with Crippen molar-refractivity contribution in [1.82, 2.24) is 15.1 Å². The standard InChI is InChI=1S/C21H26N4O3S/c1-29(27,28)24-18-9-7-17(8-10-18)15-25(19-5-3-2-4-6-19)16-23-20(26)21(25)11-13-22-14-12-21/h2-10,22,24H,11-16H2,1H3/p+1. The molecule has 0 saturated carbocycles. The Hall–Kier alpha value is -2.42. The van der Waals surface area contributed by atoms with Crippen molar-refractivity contribution in [2.45, 2.75) is 24.9 Å². The van der Waals surface area contributed by atoms with Crippen LogP contribution in [0.5, 0.6) is 0 Å². The molecule has 2 aliphatic heterocycles. The minimum atomic E-state index is -3.31. The highest BCUT2D eigenvalue weighted by Gasteiger charge is 2.62. The third-order valence-corrected chi connectivity index (χ3v) is 6.75. The third-order valence-electron chi connectivity index (χ3n) is 6.14. The molecule has 2 aromatic rings. The predicted molar refractivity (Wildman–Crippen MR) is 115 cm³/mol. The van der Waals surface area contributed by atoms with Gasteiger partial charge < -0.3 is 10.6 Å². The summed E-state index contributed by atoms with van der Waals surface area (Å²) in [6.07, 6.45) is 2.70. The molecule has 1 unspecified atom stereocenters. The van der Waals surface area contributed by atoms with E-state index in [0.29, 0.717) is 23.4 Å². The minimum absolute atomic E-state index is 0.123. The van der Waals surface area contributed by atoms with Gasteiger partial charge in [-0.05, 0) is 24.3 Å². The second-order valence-electron chi connectivity index (χ2n) is 7.98. The number of rotatable bonds is 5. The highest BCUT2D eigenvalue weighted by Crippen LogP contribution is 2.43. The molecule has 1 spiro atoms. The summed E-state index contributed by atoms with van der Waals surface area (Å²) < 4.78 is 26.0. The summed E-state index contributed by atoms with van der Waals surface area (Å²) in [6, 6.07) is 17.7. The van der Waals surface area contributed by atoms with Gasteiger partial charge in [0.05, 0.1) is 6.26 Å². The lowest BCUT2D eigenvalue weighted by Crippen LogP contribution is -2.67. The highest BCUT2D eigenvalue weighted by atomic mass is 32.2. The van der Waals surface area contributed by atoms with Crippen LogP contribution in [0, 0.1) is 0 Å². The van der Waals surface area contributed by atoms with Crippen molar-refractivity contribution in [1.29, 1.82) is 0 Å². The number of hydrogen-bond acceptors (Lipinski definition) is 4. The van der Waals surface area contributed by atoms with E-state index in [0.717, 1.165) is 43.4 Å². The van der Waals surface area contributed by atoms with Gasteiger partial charge in [0.1, 0.15) is 12.2 Å². The minimum Gasteiger partial charge on any atom is -0.316 e. The molecule has 1 atom stereocenters. The number of para-hydroxylation sites is 1. The van der Waals surface area contributed by atoms with Crippen molar-refractivity contribution in [3.05, 3.63) is 60.2 Å². The maximum absolute atomic E-state index is 13.1. The molecule has 2 heterocycles. The molecule has 8 heteroatoms. The summed E-state index contributed by atoms with van der Waals surface area (Å²) in [6.45, 7) is 2.84. The molecule has 2 saturated heterocycles. The van der Waals surface area contributed by atoms with E-state index < -0.39 is 15.6 Å². The first-order valence-electron chi connectivity index (χ1n) is 9.83. The van der Waals surface area contributed by atoms with Crippen LogP contribution in [0.25, 0.3) is 0 Å². The van der Waals surface area contributed by atoms with Crippen LogP contribution in [-0.2, 0) is 21.4 Å². The number of carbonyl (C=O) groups excluding carboxylic acids is 1. The second kappa shape index (κ2) is 7.44. The van der Waals surface area contributed by atoms with Crippen molar-refractivity contribution in [3.63, 3.8) is 0 Å². The third kappa shape index (κ3) is 3.63. The van der Waals surface area contributed by atoms with Crippen LogP contribution in [0.15, 0.2) is 54.6 Å². The summed E-state index contributed by atoms with van der Waals surface area (Å²) in [4.78, 5) is 13.1. The smallest absolute Gasteiger partial charge is 0.286 e. The van der Waals surface area contributed by atoms with Gasteiger partial charge in [-0.3, -0.25) is 14.0 Å². The zero-order chi connectivity index (χ0) is 20.5. The fraction of sp³-hybridized carbons (Fsp3) is 0.381. The van der Waals surface area contributed by atoms with E-state index in [-0.39, 0.29) is 5.91 Å². The van der Waals surface area contributed by atoms with Crippen LogP contribution in [0.4, 0.5) is 11.4 Å². The Morgan fingerprint density at radius 1 is 1.03 bits per heavy atom. The summed E-state index contributed by atoms with van der Waals surface area (Å²) in [5, 5.41) is 6.53. The van der Waals surface area contributed by atoms with Crippen LogP contribution in [0.3, 0.4) is 0 Å². The average Bonchev–Trinajstić information content (AvgIpc) is 2.96. The van der Waals surface area contributed by atoms with Crippen molar-refractivity contribution >= 4 is 27.3 Å². The number of piperidine rings is 1. The fourth-order valence-corrected chi connectivity index (χ4v) is 5.33. The predicted octanol–water partition coefficient (Wildman–Crippen LogP) is 1.78. The molecule has 0 aromatic heterocycles. The van der Waals surface area contributed by atoms with Gasteiger partial charge in [0.2, 0.25) is 10.0 Å². The number of amides is 1. The molecular weight excluding hydrogens is 388 g/mol. The van der Waals surface area contributed by atoms with Crippen molar-refractivity contribution in [2.75, 3.05) is 30.7 Å². The van der Waals surface area contributed by atoms with Gasteiger partial charge in [0, 0.05) is 37.2 Å². The Morgan fingerprint density at radius 2 is 1.69 bits per heavy atom. The molecule has 0 radical (unpaired) electrons. The van der Waals surface area contributed by atoms with Gasteiger partial charge >= 0.3 is 0 Å². The molecule has 4 rings (SSSR count). The molecule has 1 amide bonds. The van der Waals surface area contributed by atoms with E-state index in [4.69, 9.17) is 0 Å². The number of hydrogen-bond donors (Lipinski definition) is 3.